The summed E-state index contributed by atoms with van der Waals surface area (Å²) in [4.78, 5) is 13.8. The molecule has 0 aliphatic heterocycles. The molecule has 0 spiro atoms. The van der Waals surface area contributed by atoms with Gasteiger partial charge in [0.1, 0.15) is 11.6 Å². The number of rotatable bonds is 6. The third-order valence-corrected chi connectivity index (χ3v) is 3.25. The summed E-state index contributed by atoms with van der Waals surface area (Å²) in [5.41, 5.74) is 0.367. The van der Waals surface area contributed by atoms with E-state index in [-0.39, 0.29) is 30.9 Å². The first-order chi connectivity index (χ1) is 9.11. The summed E-state index contributed by atoms with van der Waals surface area (Å²) in [6, 6.07) is 3.71. The average molecular weight is 305 g/mol. The van der Waals surface area contributed by atoms with Gasteiger partial charge in [-0.25, -0.2) is 8.78 Å². The highest BCUT2D eigenvalue weighted by molar-refractivity contribution is 5.85. The van der Waals surface area contributed by atoms with Crippen molar-refractivity contribution in [1.29, 1.82) is 0 Å². The van der Waals surface area contributed by atoms with Crippen molar-refractivity contribution >= 4 is 18.3 Å². The van der Waals surface area contributed by atoms with E-state index in [1.165, 1.54) is 12.1 Å². The van der Waals surface area contributed by atoms with Gasteiger partial charge in [-0.2, -0.15) is 0 Å². The molecule has 0 saturated heterocycles. The van der Waals surface area contributed by atoms with Crippen LogP contribution in [0.3, 0.4) is 0 Å². The number of amides is 1. The smallest absolute Gasteiger partial charge is 0.224 e. The Kier molecular flexibility index (Phi) is 6.36. The maximum Gasteiger partial charge on any atom is 0.224 e. The molecule has 0 atom stereocenters. The first-order valence-electron chi connectivity index (χ1n) is 6.50. The molecule has 0 heterocycles. The van der Waals surface area contributed by atoms with E-state index in [2.05, 4.69) is 5.32 Å². The van der Waals surface area contributed by atoms with E-state index in [1.807, 2.05) is 0 Å². The quantitative estimate of drug-likeness (QED) is 0.876. The number of nitrogens with zero attached hydrogens (tertiary/aromatic N) is 1. The third-order valence-electron chi connectivity index (χ3n) is 3.25. The van der Waals surface area contributed by atoms with E-state index in [9.17, 15) is 13.6 Å². The van der Waals surface area contributed by atoms with Crippen LogP contribution in [0.15, 0.2) is 18.2 Å². The Balaban J connectivity index is 0.00000200. The zero-order valence-electron chi connectivity index (χ0n) is 11.4. The van der Waals surface area contributed by atoms with Crippen molar-refractivity contribution in [2.24, 2.45) is 0 Å². The molecule has 0 bridgehead atoms. The second kappa shape index (κ2) is 7.55. The molecule has 20 heavy (non-hydrogen) atoms. The van der Waals surface area contributed by atoms with Crippen molar-refractivity contribution < 1.29 is 13.6 Å². The molecule has 6 heteroatoms. The molecule has 1 aromatic rings. The predicted molar refractivity (Wildman–Crippen MR) is 75.7 cm³/mol. The summed E-state index contributed by atoms with van der Waals surface area (Å²) in [7, 11) is 1.79. The van der Waals surface area contributed by atoms with E-state index >= 15 is 0 Å². The Morgan fingerprint density at radius 3 is 2.65 bits per heavy atom. The van der Waals surface area contributed by atoms with Crippen molar-refractivity contribution in [3.8, 4) is 0 Å². The fourth-order valence-corrected chi connectivity index (χ4v) is 2.02. The van der Waals surface area contributed by atoms with Crippen LogP contribution < -0.4 is 5.32 Å². The molecule has 1 N–H and O–H groups in total. The average Bonchev–Trinajstić information content (AvgIpc) is 3.19. The SMILES string of the molecule is CNCCC(=O)N(Cc1ccc(F)cc1F)C1CC1.Cl. The van der Waals surface area contributed by atoms with Crippen molar-refractivity contribution in [1.82, 2.24) is 10.2 Å². The summed E-state index contributed by atoms with van der Waals surface area (Å²) in [5.74, 6) is -1.17. The van der Waals surface area contributed by atoms with Crippen LogP contribution in [0.2, 0.25) is 0 Å². The van der Waals surface area contributed by atoms with Crippen molar-refractivity contribution in [3.05, 3.63) is 35.4 Å². The zero-order valence-corrected chi connectivity index (χ0v) is 12.2. The number of hydrogen-bond donors (Lipinski definition) is 1. The number of benzene rings is 1. The Bertz CT molecular complexity index is 466. The van der Waals surface area contributed by atoms with Gasteiger partial charge in [-0.1, -0.05) is 6.07 Å². The molecule has 1 saturated carbocycles. The minimum atomic E-state index is -0.597. The summed E-state index contributed by atoms with van der Waals surface area (Å²) in [5, 5.41) is 2.92. The minimum Gasteiger partial charge on any atom is -0.335 e. The van der Waals surface area contributed by atoms with Crippen LogP contribution >= 0.6 is 12.4 Å². The topological polar surface area (TPSA) is 32.3 Å². The van der Waals surface area contributed by atoms with Gasteiger partial charge in [0, 0.05) is 37.2 Å². The van der Waals surface area contributed by atoms with Crippen LogP contribution in [0.5, 0.6) is 0 Å². The van der Waals surface area contributed by atoms with Crippen LogP contribution in [0.25, 0.3) is 0 Å². The fraction of sp³-hybridized carbons (Fsp3) is 0.500. The monoisotopic (exact) mass is 304 g/mol. The van der Waals surface area contributed by atoms with Gasteiger partial charge < -0.3 is 10.2 Å². The molecule has 1 aliphatic rings. The lowest BCUT2D eigenvalue weighted by Gasteiger charge is -2.23. The molecule has 1 fully saturated rings. The Morgan fingerprint density at radius 1 is 1.40 bits per heavy atom. The van der Waals surface area contributed by atoms with E-state index in [0.717, 1.165) is 18.9 Å². The van der Waals surface area contributed by atoms with Gasteiger partial charge in [0.15, 0.2) is 0 Å². The van der Waals surface area contributed by atoms with Gasteiger partial charge >= 0.3 is 0 Å². The summed E-state index contributed by atoms with van der Waals surface area (Å²) >= 11 is 0. The normalized spacial score (nSPS) is 13.8. The molecule has 3 nitrogen and oxygen atoms in total. The van der Waals surface area contributed by atoms with Crippen LogP contribution in [0.4, 0.5) is 8.78 Å². The van der Waals surface area contributed by atoms with Gasteiger partial charge in [-0.3, -0.25) is 4.79 Å². The lowest BCUT2D eigenvalue weighted by atomic mass is 10.2. The first-order valence-corrected chi connectivity index (χ1v) is 6.50. The zero-order chi connectivity index (χ0) is 13.8. The molecule has 2 rings (SSSR count). The Hall–Kier alpha value is -1.20. The molecular formula is C14H19ClF2N2O. The van der Waals surface area contributed by atoms with Gasteiger partial charge in [0.25, 0.3) is 0 Å². The molecule has 1 aliphatic carbocycles. The Morgan fingerprint density at radius 2 is 2.10 bits per heavy atom. The van der Waals surface area contributed by atoms with Gasteiger partial charge in [0.05, 0.1) is 0 Å². The van der Waals surface area contributed by atoms with E-state index < -0.39 is 11.6 Å². The van der Waals surface area contributed by atoms with Crippen LogP contribution in [0.1, 0.15) is 24.8 Å². The molecular weight excluding hydrogens is 286 g/mol. The second-order valence-electron chi connectivity index (χ2n) is 4.84. The van der Waals surface area contributed by atoms with E-state index in [1.54, 1.807) is 11.9 Å². The molecule has 1 aromatic carbocycles. The van der Waals surface area contributed by atoms with Gasteiger partial charge in [-0.15, -0.1) is 12.4 Å². The Labute approximate surface area is 123 Å². The lowest BCUT2D eigenvalue weighted by Crippen LogP contribution is -2.34. The van der Waals surface area contributed by atoms with E-state index in [4.69, 9.17) is 0 Å². The van der Waals surface area contributed by atoms with Crippen molar-refractivity contribution in [2.75, 3.05) is 13.6 Å². The minimum absolute atomic E-state index is 0. The van der Waals surface area contributed by atoms with Crippen molar-refractivity contribution in [3.63, 3.8) is 0 Å². The lowest BCUT2D eigenvalue weighted by molar-refractivity contribution is -0.132. The van der Waals surface area contributed by atoms with Crippen LogP contribution in [-0.4, -0.2) is 30.4 Å². The summed E-state index contributed by atoms with van der Waals surface area (Å²) in [6.45, 7) is 0.827. The van der Waals surface area contributed by atoms with Crippen LogP contribution in [0, 0.1) is 11.6 Å². The number of halogens is 3. The second-order valence-corrected chi connectivity index (χ2v) is 4.84. The molecule has 0 aromatic heterocycles. The van der Waals surface area contributed by atoms with Crippen molar-refractivity contribution in [2.45, 2.75) is 31.8 Å². The number of nitrogens with one attached hydrogen (secondary N) is 1. The van der Waals surface area contributed by atoms with Gasteiger partial charge in [-0.05, 0) is 26.0 Å². The maximum atomic E-state index is 13.6. The fourth-order valence-electron chi connectivity index (χ4n) is 2.02. The summed E-state index contributed by atoms with van der Waals surface area (Å²) in [6.07, 6.45) is 2.33. The third kappa shape index (κ3) is 4.42. The maximum absolute atomic E-state index is 13.6. The highest BCUT2D eigenvalue weighted by Gasteiger charge is 2.32. The van der Waals surface area contributed by atoms with Gasteiger partial charge in [0.2, 0.25) is 5.91 Å². The van der Waals surface area contributed by atoms with Crippen LogP contribution in [-0.2, 0) is 11.3 Å². The predicted octanol–water partition coefficient (Wildman–Crippen LogP) is 2.49. The molecule has 112 valence electrons. The number of hydrogen-bond acceptors (Lipinski definition) is 2. The highest BCUT2D eigenvalue weighted by Crippen LogP contribution is 2.29. The number of carbonyl (C=O) groups excluding carboxylic acids is 1. The van der Waals surface area contributed by atoms with E-state index in [0.29, 0.717) is 18.5 Å². The molecule has 1 amide bonds. The highest BCUT2D eigenvalue weighted by atomic mass is 35.5. The summed E-state index contributed by atoms with van der Waals surface area (Å²) < 4.78 is 26.5. The molecule has 0 radical (unpaired) electrons. The first kappa shape index (κ1) is 16.9. The number of carbonyl (C=O) groups is 1. The largest absolute Gasteiger partial charge is 0.335 e. The molecule has 0 unspecified atom stereocenters. The standard InChI is InChI=1S/C14H18F2N2O.ClH/c1-17-7-6-14(19)18(12-4-5-12)9-10-2-3-11(15)8-13(10)16;/h2-3,8,12,17H,4-7,9H2,1H3;1H.